The molecule has 2 aromatic carbocycles. The van der Waals surface area contributed by atoms with Gasteiger partial charge < -0.3 is 15.0 Å². The van der Waals surface area contributed by atoms with Crippen LogP contribution in [0.3, 0.4) is 0 Å². The van der Waals surface area contributed by atoms with Gasteiger partial charge in [-0.25, -0.2) is 8.42 Å². The number of amides is 1. The monoisotopic (exact) mass is 485 g/mol. The summed E-state index contributed by atoms with van der Waals surface area (Å²) in [6.45, 7) is 4.75. The van der Waals surface area contributed by atoms with Gasteiger partial charge in [0.25, 0.3) is 0 Å². The molecule has 0 spiro atoms. The van der Waals surface area contributed by atoms with Crippen LogP contribution in [-0.2, 0) is 19.6 Å². The van der Waals surface area contributed by atoms with E-state index in [0.717, 1.165) is 29.3 Å². The van der Waals surface area contributed by atoms with Crippen molar-refractivity contribution in [2.45, 2.75) is 19.4 Å². The van der Waals surface area contributed by atoms with Crippen LogP contribution in [0, 0.1) is 0 Å². The molecule has 10 heteroatoms. The number of hydrogen-bond acceptors (Lipinski definition) is 5. The van der Waals surface area contributed by atoms with E-state index >= 15 is 0 Å². The first-order valence-corrected chi connectivity index (χ1v) is 12.5. The van der Waals surface area contributed by atoms with Gasteiger partial charge in [-0.3, -0.25) is 9.10 Å². The van der Waals surface area contributed by atoms with Crippen LogP contribution in [0.15, 0.2) is 42.5 Å². The molecule has 1 heterocycles. The number of anilines is 3. The molecule has 168 valence electrons. The van der Waals surface area contributed by atoms with Crippen LogP contribution < -0.4 is 14.5 Å². The molecule has 0 aliphatic carbocycles. The number of rotatable bonds is 7. The van der Waals surface area contributed by atoms with Crippen molar-refractivity contribution in [1.82, 2.24) is 0 Å². The van der Waals surface area contributed by atoms with E-state index in [9.17, 15) is 13.2 Å². The quantitative estimate of drug-likeness (QED) is 0.640. The SMILES string of the molecule is CC[C@@H](C(=O)Nc1ccc(N2CCOCC2)cc1)N(c1cc(Cl)cc(Cl)c1)S(C)(=O)=O. The summed E-state index contributed by atoms with van der Waals surface area (Å²) < 4.78 is 31.6. The highest BCUT2D eigenvalue weighted by Gasteiger charge is 2.32. The maximum absolute atomic E-state index is 13.1. The third kappa shape index (κ3) is 6.04. The fourth-order valence-electron chi connectivity index (χ4n) is 3.53. The second-order valence-corrected chi connectivity index (χ2v) is 9.98. The summed E-state index contributed by atoms with van der Waals surface area (Å²) in [5.74, 6) is -0.442. The number of hydrogen-bond donors (Lipinski definition) is 1. The van der Waals surface area contributed by atoms with Gasteiger partial charge in [-0.2, -0.15) is 0 Å². The molecule has 1 aliphatic heterocycles. The van der Waals surface area contributed by atoms with Gasteiger partial charge >= 0.3 is 0 Å². The summed E-state index contributed by atoms with van der Waals surface area (Å²) in [5.41, 5.74) is 1.86. The van der Waals surface area contributed by atoms with Gasteiger partial charge in [0.2, 0.25) is 15.9 Å². The summed E-state index contributed by atoms with van der Waals surface area (Å²) in [6, 6.07) is 10.9. The predicted molar refractivity (Wildman–Crippen MR) is 126 cm³/mol. The Labute approximate surface area is 192 Å². The summed E-state index contributed by atoms with van der Waals surface area (Å²) in [7, 11) is -3.78. The molecule has 1 atom stereocenters. The van der Waals surface area contributed by atoms with Gasteiger partial charge in [0, 0.05) is 34.5 Å². The minimum absolute atomic E-state index is 0.240. The Kier molecular flexibility index (Phi) is 7.69. The van der Waals surface area contributed by atoms with Crippen LogP contribution >= 0.6 is 23.2 Å². The molecule has 1 fully saturated rings. The summed E-state index contributed by atoms with van der Waals surface area (Å²) in [5, 5.41) is 3.39. The maximum Gasteiger partial charge on any atom is 0.248 e. The van der Waals surface area contributed by atoms with Crippen molar-refractivity contribution in [1.29, 1.82) is 0 Å². The van der Waals surface area contributed by atoms with Crippen LogP contribution in [-0.4, -0.2) is 52.9 Å². The molecule has 0 saturated carbocycles. The van der Waals surface area contributed by atoms with E-state index in [1.54, 1.807) is 19.1 Å². The number of sulfonamides is 1. The van der Waals surface area contributed by atoms with Crippen LogP contribution in [0.25, 0.3) is 0 Å². The number of benzene rings is 2. The van der Waals surface area contributed by atoms with Crippen molar-refractivity contribution in [3.63, 3.8) is 0 Å². The zero-order valence-electron chi connectivity index (χ0n) is 17.3. The van der Waals surface area contributed by atoms with Crippen molar-refractivity contribution in [2.24, 2.45) is 0 Å². The molecule has 0 radical (unpaired) electrons. The number of nitrogens with zero attached hydrogens (tertiary/aromatic N) is 2. The molecule has 0 unspecified atom stereocenters. The van der Waals surface area contributed by atoms with Crippen LogP contribution in [0.4, 0.5) is 17.1 Å². The smallest absolute Gasteiger partial charge is 0.248 e. The number of nitrogens with one attached hydrogen (secondary N) is 1. The lowest BCUT2D eigenvalue weighted by molar-refractivity contribution is -0.117. The van der Waals surface area contributed by atoms with Crippen molar-refractivity contribution < 1.29 is 17.9 Å². The zero-order chi connectivity index (χ0) is 22.6. The van der Waals surface area contributed by atoms with Crippen molar-refractivity contribution >= 4 is 56.2 Å². The van der Waals surface area contributed by atoms with E-state index in [1.807, 2.05) is 12.1 Å². The Morgan fingerprint density at radius 1 is 1.13 bits per heavy atom. The predicted octanol–water partition coefficient (Wildman–Crippen LogP) is 4.01. The fraction of sp³-hybridized carbons (Fsp3) is 0.381. The number of halogens is 2. The van der Waals surface area contributed by atoms with Gasteiger partial charge in [0.15, 0.2) is 0 Å². The molecule has 3 rings (SSSR count). The first-order chi connectivity index (χ1) is 14.7. The second-order valence-electron chi connectivity index (χ2n) is 7.25. The molecule has 0 aromatic heterocycles. The molecule has 1 saturated heterocycles. The lowest BCUT2D eigenvalue weighted by Crippen LogP contribution is -2.47. The van der Waals surface area contributed by atoms with Gasteiger partial charge in [-0.05, 0) is 48.9 Å². The second kappa shape index (κ2) is 10.1. The molecule has 7 nitrogen and oxygen atoms in total. The zero-order valence-corrected chi connectivity index (χ0v) is 19.7. The molecule has 0 bridgehead atoms. The normalized spacial score (nSPS) is 15.4. The molecule has 31 heavy (non-hydrogen) atoms. The average Bonchev–Trinajstić information content (AvgIpc) is 2.71. The van der Waals surface area contributed by atoms with E-state index in [-0.39, 0.29) is 22.2 Å². The van der Waals surface area contributed by atoms with Gasteiger partial charge in [-0.15, -0.1) is 0 Å². The van der Waals surface area contributed by atoms with Crippen molar-refractivity contribution in [2.75, 3.05) is 47.1 Å². The molecular formula is C21H25Cl2N3O4S. The summed E-state index contributed by atoms with van der Waals surface area (Å²) in [6.07, 6.45) is 1.31. The first kappa shape index (κ1) is 23.7. The Morgan fingerprint density at radius 3 is 2.23 bits per heavy atom. The highest BCUT2D eigenvalue weighted by molar-refractivity contribution is 7.92. The molecule has 1 aliphatic rings. The number of ether oxygens (including phenoxy) is 1. The molecule has 1 N–H and O–H groups in total. The topological polar surface area (TPSA) is 79.0 Å². The van der Waals surface area contributed by atoms with Crippen molar-refractivity contribution in [3.8, 4) is 0 Å². The number of carbonyl (C=O) groups excluding carboxylic acids is 1. The summed E-state index contributed by atoms with van der Waals surface area (Å²) >= 11 is 12.1. The maximum atomic E-state index is 13.1. The minimum Gasteiger partial charge on any atom is -0.378 e. The van der Waals surface area contributed by atoms with E-state index in [1.165, 1.54) is 18.2 Å². The fourth-order valence-corrected chi connectivity index (χ4v) is 5.24. The number of carbonyl (C=O) groups is 1. The highest BCUT2D eigenvalue weighted by atomic mass is 35.5. The Bertz CT molecular complexity index is 1010. The van der Waals surface area contributed by atoms with Crippen LogP contribution in [0.2, 0.25) is 10.0 Å². The van der Waals surface area contributed by atoms with Gasteiger partial charge in [0.1, 0.15) is 6.04 Å². The standard InChI is InChI=1S/C21H25Cl2N3O4S/c1-3-20(26(31(2,28)29)19-13-15(22)12-16(23)14-19)21(27)24-17-4-6-18(7-5-17)25-8-10-30-11-9-25/h4-7,12-14,20H,3,8-11H2,1-2H3,(H,24,27)/t20-/m0/s1. The van der Waals surface area contributed by atoms with Crippen LogP contribution in [0.1, 0.15) is 13.3 Å². The van der Waals surface area contributed by atoms with E-state index in [2.05, 4.69) is 10.2 Å². The average molecular weight is 486 g/mol. The minimum atomic E-state index is -3.78. The molecule has 2 aromatic rings. The highest BCUT2D eigenvalue weighted by Crippen LogP contribution is 2.30. The van der Waals surface area contributed by atoms with Crippen LogP contribution in [0.5, 0.6) is 0 Å². The summed E-state index contributed by atoms with van der Waals surface area (Å²) in [4.78, 5) is 15.3. The Hall–Kier alpha value is -2.00. The van der Waals surface area contributed by atoms with Gasteiger partial charge in [-0.1, -0.05) is 30.1 Å². The lowest BCUT2D eigenvalue weighted by Gasteiger charge is -2.30. The third-order valence-electron chi connectivity index (χ3n) is 4.94. The Balaban J connectivity index is 1.81. The Morgan fingerprint density at radius 2 is 1.71 bits per heavy atom. The molecule has 1 amide bonds. The third-order valence-corrected chi connectivity index (χ3v) is 6.56. The number of morpholine rings is 1. The van der Waals surface area contributed by atoms with Crippen molar-refractivity contribution in [3.05, 3.63) is 52.5 Å². The van der Waals surface area contributed by atoms with E-state index < -0.39 is 22.0 Å². The first-order valence-electron chi connectivity index (χ1n) is 9.88. The molecular weight excluding hydrogens is 461 g/mol. The lowest BCUT2D eigenvalue weighted by atomic mass is 10.1. The van der Waals surface area contributed by atoms with E-state index in [0.29, 0.717) is 18.9 Å². The largest absolute Gasteiger partial charge is 0.378 e. The van der Waals surface area contributed by atoms with Gasteiger partial charge in [0.05, 0.1) is 25.2 Å². The van der Waals surface area contributed by atoms with E-state index in [4.69, 9.17) is 27.9 Å².